The number of H-pyrrole nitrogens is 1. The molecule has 0 spiro atoms. The average Bonchev–Trinajstić information content (AvgIpc) is 2.61. The van der Waals surface area contributed by atoms with E-state index in [9.17, 15) is 14.4 Å². The van der Waals surface area contributed by atoms with Gasteiger partial charge in [-0.3, -0.25) is 14.4 Å². The molecule has 1 unspecified atom stereocenters. The number of aromatic amines is 1. The molecule has 1 heterocycles. The summed E-state index contributed by atoms with van der Waals surface area (Å²) in [6, 6.07) is 5.90. The SMILES string of the molecule is COc1ccc(Cl)cc1C(=O)NC1CCCc2[nH]c(=O)c(C(N)=O)cc21. The van der Waals surface area contributed by atoms with Crippen molar-refractivity contribution in [2.75, 3.05) is 7.11 Å². The number of nitrogens with one attached hydrogen (secondary N) is 2. The molecular formula is C18H18ClN3O4. The number of rotatable bonds is 4. The highest BCUT2D eigenvalue weighted by molar-refractivity contribution is 6.31. The molecule has 0 aliphatic heterocycles. The van der Waals surface area contributed by atoms with Gasteiger partial charge in [-0.1, -0.05) is 11.6 Å². The van der Waals surface area contributed by atoms with E-state index in [1.165, 1.54) is 19.2 Å². The van der Waals surface area contributed by atoms with Gasteiger partial charge >= 0.3 is 0 Å². The summed E-state index contributed by atoms with van der Waals surface area (Å²) in [5.41, 5.74) is 6.34. The Bertz CT molecular complexity index is 939. The Balaban J connectivity index is 1.94. The number of benzene rings is 1. The predicted molar refractivity (Wildman–Crippen MR) is 96.7 cm³/mol. The van der Waals surface area contributed by atoms with Crippen molar-refractivity contribution in [2.24, 2.45) is 5.73 Å². The second-order valence-electron chi connectivity index (χ2n) is 6.07. The molecule has 0 fully saturated rings. The summed E-state index contributed by atoms with van der Waals surface area (Å²) in [7, 11) is 1.47. The van der Waals surface area contributed by atoms with E-state index in [1.54, 1.807) is 12.1 Å². The van der Waals surface area contributed by atoms with Crippen LogP contribution in [0.25, 0.3) is 0 Å². The molecule has 0 radical (unpaired) electrons. The molecule has 0 bridgehead atoms. The van der Waals surface area contributed by atoms with Crippen molar-refractivity contribution in [3.05, 3.63) is 62.0 Å². The third-order valence-electron chi connectivity index (χ3n) is 4.43. The largest absolute Gasteiger partial charge is 0.496 e. The molecule has 0 saturated heterocycles. The summed E-state index contributed by atoms with van der Waals surface area (Å²) in [6.07, 6.45) is 2.12. The molecule has 7 nitrogen and oxygen atoms in total. The van der Waals surface area contributed by atoms with Crippen molar-refractivity contribution in [1.29, 1.82) is 0 Å². The lowest BCUT2D eigenvalue weighted by atomic mass is 9.90. The number of nitrogens with two attached hydrogens (primary N) is 1. The van der Waals surface area contributed by atoms with Crippen LogP contribution in [-0.4, -0.2) is 23.9 Å². The fourth-order valence-electron chi connectivity index (χ4n) is 3.17. The number of fused-ring (bicyclic) bond motifs is 1. The number of amides is 2. The molecule has 3 rings (SSSR count). The van der Waals surface area contributed by atoms with E-state index in [4.69, 9.17) is 22.1 Å². The fraction of sp³-hybridized carbons (Fsp3) is 0.278. The van der Waals surface area contributed by atoms with Crippen LogP contribution in [0, 0.1) is 0 Å². The first kappa shape index (κ1) is 18.0. The van der Waals surface area contributed by atoms with Crippen LogP contribution < -0.4 is 21.3 Å². The van der Waals surface area contributed by atoms with Gasteiger partial charge in [0.2, 0.25) is 0 Å². The van der Waals surface area contributed by atoms with Crippen LogP contribution in [0.4, 0.5) is 0 Å². The van der Waals surface area contributed by atoms with Crippen LogP contribution >= 0.6 is 11.6 Å². The number of carbonyl (C=O) groups is 2. The third kappa shape index (κ3) is 3.43. The van der Waals surface area contributed by atoms with E-state index >= 15 is 0 Å². The first-order valence-electron chi connectivity index (χ1n) is 8.11. The van der Waals surface area contributed by atoms with Crippen LogP contribution in [0.15, 0.2) is 29.1 Å². The minimum absolute atomic E-state index is 0.120. The number of pyridine rings is 1. The minimum atomic E-state index is -0.804. The highest BCUT2D eigenvalue weighted by Gasteiger charge is 2.26. The third-order valence-corrected chi connectivity index (χ3v) is 4.66. The Morgan fingerprint density at radius 2 is 2.08 bits per heavy atom. The van der Waals surface area contributed by atoms with E-state index in [2.05, 4.69) is 10.3 Å². The molecule has 1 atom stereocenters. The summed E-state index contributed by atoms with van der Waals surface area (Å²) < 4.78 is 5.22. The van der Waals surface area contributed by atoms with Gasteiger partial charge in [0.25, 0.3) is 17.4 Å². The molecule has 1 aromatic carbocycles. The first-order chi connectivity index (χ1) is 12.4. The molecular weight excluding hydrogens is 358 g/mol. The van der Waals surface area contributed by atoms with Crippen molar-refractivity contribution in [1.82, 2.24) is 10.3 Å². The molecule has 1 aliphatic rings. The normalized spacial score (nSPS) is 15.8. The molecule has 26 heavy (non-hydrogen) atoms. The Kier molecular flexibility index (Phi) is 4.99. The molecule has 0 saturated carbocycles. The fourth-order valence-corrected chi connectivity index (χ4v) is 3.34. The van der Waals surface area contributed by atoms with Gasteiger partial charge < -0.3 is 20.8 Å². The lowest BCUT2D eigenvalue weighted by Crippen LogP contribution is -2.34. The molecule has 1 aliphatic carbocycles. The first-order valence-corrected chi connectivity index (χ1v) is 8.48. The van der Waals surface area contributed by atoms with Crippen LogP contribution in [0.1, 0.15) is 50.9 Å². The van der Waals surface area contributed by atoms with E-state index in [-0.39, 0.29) is 17.5 Å². The zero-order chi connectivity index (χ0) is 18.8. The lowest BCUT2D eigenvalue weighted by molar-refractivity contribution is 0.0929. The standard InChI is InChI=1S/C18H18ClN3O4/c1-26-15-6-5-9(19)7-11(15)17(24)21-13-3-2-4-14-10(13)8-12(16(20)23)18(25)22-14/h5-8,13H,2-4H2,1H3,(H2,20,23)(H,21,24)(H,22,25). The maximum absolute atomic E-state index is 12.7. The molecule has 1 aromatic heterocycles. The summed E-state index contributed by atoms with van der Waals surface area (Å²) in [6.45, 7) is 0. The molecule has 8 heteroatoms. The molecule has 2 aromatic rings. The average molecular weight is 376 g/mol. The Morgan fingerprint density at radius 3 is 2.77 bits per heavy atom. The predicted octanol–water partition coefficient (Wildman–Crippen LogP) is 1.94. The summed E-state index contributed by atoms with van der Waals surface area (Å²) in [5.74, 6) is -0.752. The van der Waals surface area contributed by atoms with E-state index in [0.717, 1.165) is 6.42 Å². The van der Waals surface area contributed by atoms with Crippen LogP contribution in [0.2, 0.25) is 5.02 Å². The molecule has 2 amide bonds. The second kappa shape index (κ2) is 7.21. The Hall–Kier alpha value is -2.80. The van der Waals surface area contributed by atoms with Gasteiger partial charge in [0.05, 0.1) is 18.7 Å². The van der Waals surface area contributed by atoms with Gasteiger partial charge in [-0.25, -0.2) is 0 Å². The van der Waals surface area contributed by atoms with Crippen LogP contribution in [0.3, 0.4) is 0 Å². The number of carbonyl (C=O) groups excluding carboxylic acids is 2. The van der Waals surface area contributed by atoms with Gasteiger partial charge in [0.1, 0.15) is 11.3 Å². The number of aromatic nitrogens is 1. The van der Waals surface area contributed by atoms with Gasteiger partial charge in [0.15, 0.2) is 0 Å². The lowest BCUT2D eigenvalue weighted by Gasteiger charge is -2.26. The van der Waals surface area contributed by atoms with Crippen LogP contribution in [0.5, 0.6) is 5.75 Å². The zero-order valence-corrected chi connectivity index (χ0v) is 14.9. The second-order valence-corrected chi connectivity index (χ2v) is 6.51. The number of primary amides is 1. The quantitative estimate of drug-likeness (QED) is 0.757. The van der Waals surface area contributed by atoms with Crippen molar-refractivity contribution in [3.8, 4) is 5.75 Å². The smallest absolute Gasteiger partial charge is 0.261 e. The van der Waals surface area contributed by atoms with E-state index in [1.807, 2.05) is 0 Å². The van der Waals surface area contributed by atoms with Gasteiger partial charge in [0, 0.05) is 10.7 Å². The molecule has 136 valence electrons. The number of aryl methyl sites for hydroxylation is 1. The van der Waals surface area contributed by atoms with E-state index < -0.39 is 11.5 Å². The Labute approximate surface area is 154 Å². The van der Waals surface area contributed by atoms with Crippen molar-refractivity contribution < 1.29 is 14.3 Å². The van der Waals surface area contributed by atoms with Crippen molar-refractivity contribution >= 4 is 23.4 Å². The van der Waals surface area contributed by atoms with Crippen molar-refractivity contribution in [2.45, 2.75) is 25.3 Å². The maximum atomic E-state index is 12.7. The van der Waals surface area contributed by atoms with E-state index in [0.29, 0.717) is 40.4 Å². The highest BCUT2D eigenvalue weighted by Crippen LogP contribution is 2.30. The van der Waals surface area contributed by atoms with Gasteiger partial charge in [-0.15, -0.1) is 0 Å². The number of halogens is 1. The van der Waals surface area contributed by atoms with Crippen LogP contribution in [-0.2, 0) is 6.42 Å². The minimum Gasteiger partial charge on any atom is -0.496 e. The number of methoxy groups -OCH3 is 1. The Morgan fingerprint density at radius 1 is 1.31 bits per heavy atom. The topological polar surface area (TPSA) is 114 Å². The molecule has 4 N–H and O–H groups in total. The van der Waals surface area contributed by atoms with Gasteiger partial charge in [-0.05, 0) is 49.1 Å². The monoisotopic (exact) mass is 375 g/mol. The summed E-state index contributed by atoms with van der Waals surface area (Å²) in [5, 5.41) is 3.34. The van der Waals surface area contributed by atoms with Gasteiger partial charge in [-0.2, -0.15) is 0 Å². The van der Waals surface area contributed by atoms with Crippen molar-refractivity contribution in [3.63, 3.8) is 0 Å². The number of hydrogen-bond acceptors (Lipinski definition) is 4. The maximum Gasteiger partial charge on any atom is 0.261 e. The number of ether oxygens (including phenoxy) is 1. The highest BCUT2D eigenvalue weighted by atomic mass is 35.5. The number of hydrogen-bond donors (Lipinski definition) is 3. The zero-order valence-electron chi connectivity index (χ0n) is 14.1. The summed E-state index contributed by atoms with van der Waals surface area (Å²) >= 11 is 5.99. The summed E-state index contributed by atoms with van der Waals surface area (Å²) in [4.78, 5) is 38.8.